The summed E-state index contributed by atoms with van der Waals surface area (Å²) < 4.78 is 0. The van der Waals surface area contributed by atoms with Gasteiger partial charge in [0.1, 0.15) is 0 Å². The molecule has 0 spiro atoms. The van der Waals surface area contributed by atoms with Crippen LogP contribution in [-0.2, 0) is 0 Å². The second-order valence-electron chi connectivity index (χ2n) is 5.49. The highest BCUT2D eigenvalue weighted by atomic mass is 79.9. The van der Waals surface area contributed by atoms with Gasteiger partial charge in [-0.25, -0.2) is 0 Å². The SMILES string of the molecule is CCCC(CBr)(CCC)CN(CC)CC(C)C#N. The lowest BCUT2D eigenvalue weighted by Crippen LogP contribution is -2.40. The molecule has 0 heterocycles. The summed E-state index contributed by atoms with van der Waals surface area (Å²) in [5.74, 6) is 0.126. The number of hydrogen-bond acceptors (Lipinski definition) is 2. The second kappa shape index (κ2) is 9.81. The van der Waals surface area contributed by atoms with Gasteiger partial charge in [0.15, 0.2) is 0 Å². The van der Waals surface area contributed by atoms with Crippen molar-refractivity contribution in [1.29, 1.82) is 5.26 Å². The van der Waals surface area contributed by atoms with E-state index in [9.17, 15) is 0 Å². The van der Waals surface area contributed by atoms with Crippen LogP contribution in [0.4, 0.5) is 0 Å². The highest BCUT2D eigenvalue weighted by Crippen LogP contribution is 2.33. The van der Waals surface area contributed by atoms with Crippen molar-refractivity contribution in [3.05, 3.63) is 0 Å². The van der Waals surface area contributed by atoms with Gasteiger partial charge in [0.25, 0.3) is 0 Å². The zero-order valence-corrected chi connectivity index (χ0v) is 14.1. The van der Waals surface area contributed by atoms with Gasteiger partial charge >= 0.3 is 0 Å². The Morgan fingerprint density at radius 1 is 1.22 bits per heavy atom. The van der Waals surface area contributed by atoms with E-state index in [2.05, 4.69) is 47.7 Å². The molecule has 0 aromatic carbocycles. The lowest BCUT2D eigenvalue weighted by atomic mass is 9.80. The average Bonchev–Trinajstić information content (AvgIpc) is 2.38. The number of rotatable bonds is 10. The van der Waals surface area contributed by atoms with Crippen molar-refractivity contribution < 1.29 is 0 Å². The molecule has 0 aromatic heterocycles. The van der Waals surface area contributed by atoms with Crippen LogP contribution in [0.15, 0.2) is 0 Å². The van der Waals surface area contributed by atoms with Gasteiger partial charge in [-0.3, -0.25) is 0 Å². The molecule has 0 fully saturated rings. The summed E-state index contributed by atoms with van der Waals surface area (Å²) in [5.41, 5.74) is 0.384. The van der Waals surface area contributed by atoms with E-state index in [1.807, 2.05) is 6.92 Å². The maximum Gasteiger partial charge on any atom is 0.0666 e. The first kappa shape index (κ1) is 17.9. The molecule has 0 saturated heterocycles. The largest absolute Gasteiger partial charge is 0.302 e. The maximum absolute atomic E-state index is 8.96. The normalized spacial score (nSPS) is 13.6. The first-order chi connectivity index (χ1) is 8.57. The first-order valence-electron chi connectivity index (χ1n) is 7.25. The van der Waals surface area contributed by atoms with Crippen molar-refractivity contribution in [2.75, 3.05) is 25.0 Å². The van der Waals surface area contributed by atoms with Gasteiger partial charge in [-0.1, -0.05) is 49.5 Å². The van der Waals surface area contributed by atoms with Gasteiger partial charge in [-0.2, -0.15) is 5.26 Å². The summed E-state index contributed by atoms with van der Waals surface area (Å²) in [4.78, 5) is 2.44. The van der Waals surface area contributed by atoms with Crippen molar-refractivity contribution >= 4 is 15.9 Å². The van der Waals surface area contributed by atoms with E-state index in [4.69, 9.17) is 5.26 Å². The van der Waals surface area contributed by atoms with Gasteiger partial charge in [0.2, 0.25) is 0 Å². The van der Waals surface area contributed by atoms with Crippen LogP contribution in [0.25, 0.3) is 0 Å². The monoisotopic (exact) mass is 316 g/mol. The van der Waals surface area contributed by atoms with Crippen molar-refractivity contribution in [1.82, 2.24) is 4.90 Å². The Kier molecular flexibility index (Phi) is 9.77. The number of nitriles is 1. The number of nitrogens with zero attached hydrogens (tertiary/aromatic N) is 2. The van der Waals surface area contributed by atoms with Crippen LogP contribution >= 0.6 is 15.9 Å². The molecule has 0 aliphatic rings. The Bertz CT molecular complexity index is 241. The summed E-state index contributed by atoms with van der Waals surface area (Å²) in [5, 5.41) is 10.0. The third-order valence-electron chi connectivity index (χ3n) is 3.60. The van der Waals surface area contributed by atoms with Gasteiger partial charge < -0.3 is 4.90 Å². The highest BCUT2D eigenvalue weighted by molar-refractivity contribution is 9.09. The smallest absolute Gasteiger partial charge is 0.0666 e. The minimum absolute atomic E-state index is 0.126. The molecule has 0 aromatic rings. The van der Waals surface area contributed by atoms with E-state index < -0.39 is 0 Å². The standard InChI is InChI=1S/C15H29BrN2/c1-5-8-15(12-16,9-6-2)13-18(7-3)11-14(4)10-17/h14H,5-9,11-13H2,1-4H3. The Labute approximate surface area is 122 Å². The minimum atomic E-state index is 0.126. The maximum atomic E-state index is 8.96. The molecular weight excluding hydrogens is 288 g/mol. The summed E-state index contributed by atoms with van der Waals surface area (Å²) >= 11 is 3.72. The Morgan fingerprint density at radius 2 is 1.78 bits per heavy atom. The van der Waals surface area contributed by atoms with Crippen molar-refractivity contribution in [3.63, 3.8) is 0 Å². The van der Waals surface area contributed by atoms with Gasteiger partial charge in [0.05, 0.1) is 12.0 Å². The first-order valence-corrected chi connectivity index (χ1v) is 8.37. The predicted molar refractivity (Wildman–Crippen MR) is 82.9 cm³/mol. The highest BCUT2D eigenvalue weighted by Gasteiger charge is 2.29. The summed E-state index contributed by atoms with van der Waals surface area (Å²) in [6.45, 7) is 11.8. The van der Waals surface area contributed by atoms with Crippen molar-refractivity contribution in [2.24, 2.45) is 11.3 Å². The molecule has 106 valence electrons. The fraction of sp³-hybridized carbons (Fsp3) is 0.933. The summed E-state index contributed by atoms with van der Waals surface area (Å²) in [6, 6.07) is 2.34. The quantitative estimate of drug-likeness (QED) is 0.557. The second-order valence-corrected chi connectivity index (χ2v) is 6.05. The van der Waals surface area contributed by atoms with Crippen molar-refractivity contribution in [3.8, 4) is 6.07 Å². The molecule has 0 N–H and O–H groups in total. The molecule has 18 heavy (non-hydrogen) atoms. The van der Waals surface area contributed by atoms with E-state index in [1.54, 1.807) is 0 Å². The molecule has 0 amide bonds. The van der Waals surface area contributed by atoms with Crippen LogP contribution < -0.4 is 0 Å². The minimum Gasteiger partial charge on any atom is -0.302 e. The molecule has 0 aliphatic heterocycles. The third kappa shape index (κ3) is 6.20. The topological polar surface area (TPSA) is 27.0 Å². The van der Waals surface area contributed by atoms with E-state index in [0.717, 1.165) is 25.0 Å². The van der Waals surface area contributed by atoms with Crippen LogP contribution in [0.1, 0.15) is 53.4 Å². The Hall–Kier alpha value is -0.0700. The summed E-state index contributed by atoms with van der Waals surface area (Å²) in [7, 11) is 0. The molecule has 0 aliphatic carbocycles. The molecule has 1 atom stereocenters. The van der Waals surface area contributed by atoms with Crippen molar-refractivity contribution in [2.45, 2.75) is 53.4 Å². The molecular formula is C15H29BrN2. The Balaban J connectivity index is 4.65. The lowest BCUT2D eigenvalue weighted by Gasteiger charge is -2.37. The van der Waals surface area contributed by atoms with E-state index in [0.29, 0.717) is 5.41 Å². The fourth-order valence-electron chi connectivity index (χ4n) is 2.73. The molecule has 0 bridgehead atoms. The zero-order chi connectivity index (χ0) is 14.0. The predicted octanol–water partition coefficient (Wildman–Crippen LogP) is 4.45. The molecule has 0 radical (unpaired) electrons. The van der Waals surface area contributed by atoms with Crippen LogP contribution in [0.3, 0.4) is 0 Å². The summed E-state index contributed by atoms with van der Waals surface area (Å²) in [6.07, 6.45) is 5.00. The number of alkyl halides is 1. The van der Waals surface area contributed by atoms with E-state index in [1.165, 1.54) is 25.7 Å². The molecule has 1 unspecified atom stereocenters. The van der Waals surface area contributed by atoms with Crippen LogP contribution in [0.5, 0.6) is 0 Å². The zero-order valence-electron chi connectivity index (χ0n) is 12.5. The number of halogens is 1. The van der Waals surface area contributed by atoms with Crippen LogP contribution in [0.2, 0.25) is 0 Å². The fourth-order valence-corrected chi connectivity index (χ4v) is 3.47. The molecule has 0 saturated carbocycles. The van der Waals surface area contributed by atoms with E-state index in [-0.39, 0.29) is 5.92 Å². The van der Waals surface area contributed by atoms with Gasteiger partial charge in [0, 0.05) is 18.4 Å². The van der Waals surface area contributed by atoms with Gasteiger partial charge in [-0.15, -0.1) is 0 Å². The van der Waals surface area contributed by atoms with Crippen LogP contribution in [-0.4, -0.2) is 29.9 Å². The molecule has 0 rings (SSSR count). The van der Waals surface area contributed by atoms with Gasteiger partial charge in [-0.05, 0) is 31.7 Å². The number of hydrogen-bond donors (Lipinski definition) is 0. The molecule has 3 heteroatoms. The lowest BCUT2D eigenvalue weighted by molar-refractivity contribution is 0.145. The molecule has 2 nitrogen and oxygen atoms in total. The van der Waals surface area contributed by atoms with Crippen LogP contribution in [0, 0.1) is 22.7 Å². The third-order valence-corrected chi connectivity index (χ3v) is 4.79. The average molecular weight is 317 g/mol. The Morgan fingerprint density at radius 3 is 2.11 bits per heavy atom. The van der Waals surface area contributed by atoms with E-state index >= 15 is 0 Å².